The monoisotopic (exact) mass is 463 g/mol. The first kappa shape index (κ1) is 21.6. The molecule has 0 amide bonds. The number of halogens is 1. The van der Waals surface area contributed by atoms with Gasteiger partial charge < -0.3 is 15.0 Å². The van der Waals surface area contributed by atoms with Crippen molar-refractivity contribution >= 4 is 49.1 Å². The summed E-state index contributed by atoms with van der Waals surface area (Å²) in [6, 6.07) is 5.58. The van der Waals surface area contributed by atoms with Crippen molar-refractivity contribution in [2.75, 3.05) is 48.0 Å². The molecule has 0 saturated carbocycles. The second kappa shape index (κ2) is 8.75. The molecule has 2 N–H and O–H groups in total. The number of sulfone groups is 1. The van der Waals surface area contributed by atoms with Crippen molar-refractivity contribution in [1.29, 1.82) is 0 Å². The Balaban J connectivity index is 1.73. The van der Waals surface area contributed by atoms with Crippen LogP contribution in [0.2, 0.25) is 5.28 Å². The molecule has 1 aliphatic rings. The Labute approximate surface area is 172 Å². The molecule has 1 saturated heterocycles. The van der Waals surface area contributed by atoms with Gasteiger partial charge in [-0.05, 0) is 35.9 Å². The first-order valence-electron chi connectivity index (χ1n) is 8.42. The van der Waals surface area contributed by atoms with E-state index in [1.54, 1.807) is 0 Å². The molecule has 0 spiro atoms. The maximum absolute atomic E-state index is 12.2. The summed E-state index contributed by atoms with van der Waals surface area (Å²) in [7, 11) is -8.23. The lowest BCUT2D eigenvalue weighted by atomic mass is 10.3. The van der Waals surface area contributed by atoms with Crippen molar-refractivity contribution in [2.24, 2.45) is 0 Å². The number of aromatic nitrogens is 3. The van der Waals surface area contributed by atoms with Crippen LogP contribution in [0.15, 0.2) is 29.2 Å². The van der Waals surface area contributed by atoms with E-state index in [1.807, 2.05) is 4.90 Å². The summed E-state index contributed by atoms with van der Waals surface area (Å²) in [5.41, 5.74) is 0.494. The van der Waals surface area contributed by atoms with E-state index in [-0.39, 0.29) is 16.1 Å². The quantitative estimate of drug-likeness (QED) is 0.559. The number of nitrogens with zero attached hydrogens (tertiary/aromatic N) is 4. The molecule has 2 aromatic rings. The first-order chi connectivity index (χ1) is 13.6. The second-order valence-corrected chi connectivity index (χ2v) is 10.1. The molecular weight excluding hydrogens is 446 g/mol. The van der Waals surface area contributed by atoms with Crippen LogP contribution in [0.4, 0.5) is 17.6 Å². The van der Waals surface area contributed by atoms with Crippen LogP contribution < -0.4 is 10.2 Å². The summed E-state index contributed by atoms with van der Waals surface area (Å²) in [5, 5.41) is 2.93. The average Bonchev–Trinajstić information content (AvgIpc) is 2.67. The molecule has 1 aromatic heterocycles. The Morgan fingerprint density at radius 1 is 1.03 bits per heavy atom. The van der Waals surface area contributed by atoms with Gasteiger partial charge >= 0.3 is 0 Å². The Kier molecular flexibility index (Phi) is 6.53. The van der Waals surface area contributed by atoms with Crippen LogP contribution in [0.3, 0.4) is 0 Å². The highest BCUT2D eigenvalue weighted by molar-refractivity contribution is 7.93. The summed E-state index contributed by atoms with van der Waals surface area (Å²) in [4.78, 5) is 14.3. The number of nitrogens with one attached hydrogen (secondary N) is 1. The molecule has 1 aliphatic heterocycles. The van der Waals surface area contributed by atoms with Gasteiger partial charge in [0.1, 0.15) is 0 Å². The molecule has 0 unspecified atom stereocenters. The molecule has 0 aliphatic carbocycles. The Bertz CT molecular complexity index is 1070. The first-order valence-corrected chi connectivity index (χ1v) is 12.1. The van der Waals surface area contributed by atoms with Crippen molar-refractivity contribution in [2.45, 2.75) is 4.90 Å². The maximum atomic E-state index is 12.2. The molecule has 14 heteroatoms. The number of ether oxygens (including phenoxy) is 1. The van der Waals surface area contributed by atoms with E-state index in [0.29, 0.717) is 37.9 Å². The summed E-state index contributed by atoms with van der Waals surface area (Å²) >= 11 is 5.98. The Morgan fingerprint density at radius 3 is 2.31 bits per heavy atom. The molecule has 11 nitrogen and oxygen atoms in total. The highest BCUT2D eigenvalue weighted by Crippen LogP contribution is 2.21. The maximum Gasteiger partial charge on any atom is 0.265 e. The molecule has 0 atom stereocenters. The number of morpholine rings is 1. The van der Waals surface area contributed by atoms with Gasteiger partial charge in [-0.15, -0.1) is 0 Å². The van der Waals surface area contributed by atoms with Gasteiger partial charge in [-0.1, -0.05) is 0 Å². The fraction of sp³-hybridized carbons (Fsp3) is 0.400. The fourth-order valence-corrected chi connectivity index (χ4v) is 5.17. The van der Waals surface area contributed by atoms with Crippen LogP contribution >= 0.6 is 11.6 Å². The van der Waals surface area contributed by atoms with Crippen molar-refractivity contribution in [3.8, 4) is 0 Å². The van der Waals surface area contributed by atoms with Crippen LogP contribution in [-0.4, -0.2) is 74.1 Å². The summed E-state index contributed by atoms with van der Waals surface area (Å²) in [5.74, 6) is -0.998. The van der Waals surface area contributed by atoms with Gasteiger partial charge in [-0.25, -0.2) is 8.42 Å². The molecule has 1 fully saturated rings. The molecule has 3 rings (SSSR count). The van der Waals surface area contributed by atoms with Crippen molar-refractivity contribution in [3.05, 3.63) is 29.5 Å². The van der Waals surface area contributed by atoms with Crippen LogP contribution in [0, 0.1) is 0 Å². The topological polar surface area (TPSA) is 152 Å². The standard InChI is InChI=1S/C15H18ClN5O6S2/c16-13-18-14(20-15(19-13)21-5-7-27-8-6-21)17-11-1-3-12(4-2-11)28(22,23)9-10-29(24,25)26/h1-4H,5-10H2,(H,24,25,26)(H,17,18,19,20). The minimum Gasteiger partial charge on any atom is -0.378 e. The van der Waals surface area contributed by atoms with E-state index < -0.39 is 31.5 Å². The van der Waals surface area contributed by atoms with Gasteiger partial charge in [0.2, 0.25) is 17.2 Å². The van der Waals surface area contributed by atoms with Crippen LogP contribution in [-0.2, 0) is 24.7 Å². The van der Waals surface area contributed by atoms with Gasteiger partial charge in [0.15, 0.2) is 9.84 Å². The number of rotatable bonds is 7. The lowest BCUT2D eigenvalue weighted by Crippen LogP contribution is -2.37. The molecule has 158 valence electrons. The highest BCUT2D eigenvalue weighted by atomic mass is 35.5. The molecule has 2 heterocycles. The molecule has 0 radical (unpaired) electrons. The number of benzene rings is 1. The van der Waals surface area contributed by atoms with E-state index in [1.165, 1.54) is 24.3 Å². The summed E-state index contributed by atoms with van der Waals surface area (Å²) in [6.07, 6.45) is 0. The third-order valence-electron chi connectivity index (χ3n) is 3.97. The molecular formula is C15H18ClN5O6S2. The minimum absolute atomic E-state index is 0.00778. The SMILES string of the molecule is O=S(=O)(O)CCS(=O)(=O)c1ccc(Nc2nc(Cl)nc(N3CCOCC3)n2)cc1. The van der Waals surface area contributed by atoms with E-state index in [2.05, 4.69) is 20.3 Å². The molecule has 1 aromatic carbocycles. The Hall–Kier alpha value is -2.06. The van der Waals surface area contributed by atoms with Gasteiger partial charge in [-0.2, -0.15) is 23.4 Å². The zero-order chi connectivity index (χ0) is 21.1. The minimum atomic E-state index is -4.37. The fourth-order valence-electron chi connectivity index (χ4n) is 2.51. The van der Waals surface area contributed by atoms with Crippen LogP contribution in [0.5, 0.6) is 0 Å². The predicted molar refractivity (Wildman–Crippen MR) is 106 cm³/mol. The van der Waals surface area contributed by atoms with E-state index >= 15 is 0 Å². The van der Waals surface area contributed by atoms with Crippen molar-refractivity contribution in [3.63, 3.8) is 0 Å². The summed E-state index contributed by atoms with van der Waals surface area (Å²) < 4.78 is 59.9. The van der Waals surface area contributed by atoms with Crippen molar-refractivity contribution < 1.29 is 26.1 Å². The van der Waals surface area contributed by atoms with Gasteiger partial charge in [0.25, 0.3) is 10.1 Å². The zero-order valence-corrected chi connectivity index (χ0v) is 17.4. The lowest BCUT2D eigenvalue weighted by Gasteiger charge is -2.26. The molecule has 0 bridgehead atoms. The van der Waals surface area contributed by atoms with E-state index in [0.717, 1.165) is 0 Å². The summed E-state index contributed by atoms with van der Waals surface area (Å²) in [6.45, 7) is 2.35. The number of hydrogen-bond donors (Lipinski definition) is 2. The van der Waals surface area contributed by atoms with Crippen molar-refractivity contribution in [1.82, 2.24) is 15.0 Å². The zero-order valence-electron chi connectivity index (χ0n) is 15.0. The average molecular weight is 464 g/mol. The second-order valence-electron chi connectivity index (χ2n) is 6.08. The van der Waals surface area contributed by atoms with Gasteiger partial charge in [-0.3, -0.25) is 4.55 Å². The van der Waals surface area contributed by atoms with Gasteiger partial charge in [0, 0.05) is 18.8 Å². The van der Waals surface area contributed by atoms with Gasteiger partial charge in [0.05, 0.1) is 29.6 Å². The third kappa shape index (κ3) is 6.21. The Morgan fingerprint density at radius 2 is 1.69 bits per heavy atom. The van der Waals surface area contributed by atoms with E-state index in [4.69, 9.17) is 20.9 Å². The highest BCUT2D eigenvalue weighted by Gasteiger charge is 2.19. The van der Waals surface area contributed by atoms with Crippen LogP contribution in [0.25, 0.3) is 0 Å². The molecule has 29 heavy (non-hydrogen) atoms. The smallest absolute Gasteiger partial charge is 0.265 e. The van der Waals surface area contributed by atoms with E-state index in [9.17, 15) is 16.8 Å². The van der Waals surface area contributed by atoms with Crippen LogP contribution in [0.1, 0.15) is 0 Å². The largest absolute Gasteiger partial charge is 0.378 e. The third-order valence-corrected chi connectivity index (χ3v) is 6.85. The number of anilines is 3. The number of hydrogen-bond acceptors (Lipinski definition) is 10. The normalized spacial score (nSPS) is 15.3. The predicted octanol–water partition coefficient (Wildman–Crippen LogP) is 0.767. The lowest BCUT2D eigenvalue weighted by molar-refractivity contribution is 0.122.